The molecular weight excluding hydrogens is 238 g/mol. The molecule has 0 saturated heterocycles. The van der Waals surface area contributed by atoms with Gasteiger partial charge in [0.2, 0.25) is 5.88 Å². The van der Waals surface area contributed by atoms with Gasteiger partial charge < -0.3 is 10.1 Å². The van der Waals surface area contributed by atoms with E-state index in [0.717, 1.165) is 18.7 Å². The van der Waals surface area contributed by atoms with Crippen molar-refractivity contribution < 1.29 is 4.74 Å². The lowest BCUT2D eigenvalue weighted by Crippen LogP contribution is -2.35. The minimum Gasteiger partial charge on any atom is -0.478 e. The van der Waals surface area contributed by atoms with E-state index in [1.165, 1.54) is 0 Å². The summed E-state index contributed by atoms with van der Waals surface area (Å²) in [4.78, 5) is 8.61. The van der Waals surface area contributed by atoms with E-state index in [-0.39, 0.29) is 0 Å². The van der Waals surface area contributed by atoms with Crippen LogP contribution >= 0.6 is 0 Å². The van der Waals surface area contributed by atoms with Gasteiger partial charge >= 0.3 is 0 Å². The lowest BCUT2D eigenvalue weighted by atomic mass is 9.86. The van der Waals surface area contributed by atoms with Crippen LogP contribution in [0.5, 0.6) is 5.88 Å². The van der Waals surface area contributed by atoms with E-state index in [1.807, 2.05) is 6.07 Å². The standard InChI is InChI=1S/C15H27N3O/c1-6-8-19-14-9-13(17-10-18-14)15(11(3)4)12(5)16-7-2/h9-12,15-16H,6-8H2,1-5H3. The summed E-state index contributed by atoms with van der Waals surface area (Å²) in [6, 6.07) is 2.37. The molecule has 2 atom stereocenters. The van der Waals surface area contributed by atoms with Gasteiger partial charge in [0.05, 0.1) is 12.3 Å². The van der Waals surface area contributed by atoms with Gasteiger partial charge in [-0.2, -0.15) is 0 Å². The van der Waals surface area contributed by atoms with Crippen molar-refractivity contribution in [2.24, 2.45) is 5.92 Å². The van der Waals surface area contributed by atoms with Gasteiger partial charge in [-0.25, -0.2) is 9.97 Å². The molecule has 1 heterocycles. The van der Waals surface area contributed by atoms with Crippen LogP contribution in [0.4, 0.5) is 0 Å². The van der Waals surface area contributed by atoms with Crippen molar-refractivity contribution in [1.29, 1.82) is 0 Å². The van der Waals surface area contributed by atoms with Crippen molar-refractivity contribution in [2.45, 2.75) is 53.0 Å². The molecule has 4 nitrogen and oxygen atoms in total. The molecule has 1 aromatic heterocycles. The third-order valence-corrected chi connectivity index (χ3v) is 3.24. The zero-order chi connectivity index (χ0) is 14.3. The number of likely N-dealkylation sites (N-methyl/N-ethyl adjacent to an activating group) is 1. The maximum Gasteiger partial charge on any atom is 0.216 e. The summed E-state index contributed by atoms with van der Waals surface area (Å²) < 4.78 is 5.59. The Hall–Kier alpha value is -1.16. The number of nitrogens with one attached hydrogen (secondary N) is 1. The van der Waals surface area contributed by atoms with E-state index in [1.54, 1.807) is 6.33 Å². The molecule has 1 rings (SSSR count). The molecule has 0 aromatic carbocycles. The Balaban J connectivity index is 2.89. The minimum absolute atomic E-state index is 0.368. The van der Waals surface area contributed by atoms with E-state index in [0.29, 0.717) is 30.4 Å². The molecule has 0 amide bonds. The Labute approximate surface area is 117 Å². The highest BCUT2D eigenvalue weighted by molar-refractivity contribution is 5.19. The second-order valence-electron chi connectivity index (χ2n) is 5.25. The molecule has 2 unspecified atom stereocenters. The normalized spacial score (nSPS) is 14.4. The van der Waals surface area contributed by atoms with Crippen molar-refractivity contribution in [1.82, 2.24) is 15.3 Å². The predicted octanol–water partition coefficient (Wildman–Crippen LogP) is 3.00. The summed E-state index contributed by atoms with van der Waals surface area (Å²) in [7, 11) is 0. The molecular formula is C15H27N3O. The number of rotatable bonds is 8. The summed E-state index contributed by atoms with van der Waals surface area (Å²) in [5.41, 5.74) is 1.06. The van der Waals surface area contributed by atoms with Crippen LogP contribution in [0.1, 0.15) is 52.7 Å². The van der Waals surface area contributed by atoms with Crippen LogP contribution in [0.15, 0.2) is 12.4 Å². The third-order valence-electron chi connectivity index (χ3n) is 3.24. The fraction of sp³-hybridized carbons (Fsp3) is 0.733. The monoisotopic (exact) mass is 265 g/mol. The van der Waals surface area contributed by atoms with E-state index in [4.69, 9.17) is 4.74 Å². The van der Waals surface area contributed by atoms with Crippen molar-refractivity contribution in [2.75, 3.05) is 13.2 Å². The van der Waals surface area contributed by atoms with Gasteiger partial charge in [-0.15, -0.1) is 0 Å². The van der Waals surface area contributed by atoms with Crippen LogP contribution in [-0.2, 0) is 0 Å². The topological polar surface area (TPSA) is 47.0 Å². The van der Waals surface area contributed by atoms with Gasteiger partial charge in [0.25, 0.3) is 0 Å². The first-order chi connectivity index (χ1) is 9.10. The first-order valence-corrected chi connectivity index (χ1v) is 7.28. The average molecular weight is 265 g/mol. The fourth-order valence-electron chi connectivity index (χ4n) is 2.45. The number of aromatic nitrogens is 2. The largest absolute Gasteiger partial charge is 0.478 e. The van der Waals surface area contributed by atoms with Crippen LogP contribution in [0.25, 0.3) is 0 Å². The lowest BCUT2D eigenvalue weighted by Gasteiger charge is -2.27. The molecule has 0 radical (unpaired) electrons. The van der Waals surface area contributed by atoms with Crippen molar-refractivity contribution in [3.8, 4) is 5.88 Å². The molecule has 19 heavy (non-hydrogen) atoms. The zero-order valence-electron chi connectivity index (χ0n) is 12.8. The van der Waals surface area contributed by atoms with Gasteiger partial charge in [0, 0.05) is 18.0 Å². The molecule has 1 aromatic rings. The highest BCUT2D eigenvalue weighted by atomic mass is 16.5. The second kappa shape index (κ2) is 8.10. The Morgan fingerprint density at radius 2 is 1.95 bits per heavy atom. The molecule has 0 aliphatic heterocycles. The molecule has 0 saturated carbocycles. The SMILES string of the molecule is CCCOc1cc(C(C(C)C)C(C)NCC)ncn1. The number of nitrogens with zero attached hydrogens (tertiary/aromatic N) is 2. The van der Waals surface area contributed by atoms with Gasteiger partial charge in [0.15, 0.2) is 0 Å². The molecule has 1 N–H and O–H groups in total. The van der Waals surface area contributed by atoms with E-state index >= 15 is 0 Å². The van der Waals surface area contributed by atoms with Crippen LogP contribution in [0, 0.1) is 5.92 Å². The summed E-state index contributed by atoms with van der Waals surface area (Å²) in [6.45, 7) is 12.6. The van der Waals surface area contributed by atoms with Gasteiger partial charge in [-0.05, 0) is 25.8 Å². The van der Waals surface area contributed by atoms with E-state index in [9.17, 15) is 0 Å². The molecule has 0 aliphatic rings. The summed E-state index contributed by atoms with van der Waals surface area (Å²) >= 11 is 0. The van der Waals surface area contributed by atoms with Crippen molar-refractivity contribution in [3.05, 3.63) is 18.1 Å². The highest BCUT2D eigenvalue weighted by Gasteiger charge is 2.24. The smallest absolute Gasteiger partial charge is 0.216 e. The van der Waals surface area contributed by atoms with Crippen LogP contribution in [0.2, 0.25) is 0 Å². The summed E-state index contributed by atoms with van der Waals surface area (Å²) in [5.74, 6) is 1.57. The quantitative estimate of drug-likeness (QED) is 0.785. The second-order valence-corrected chi connectivity index (χ2v) is 5.25. The zero-order valence-corrected chi connectivity index (χ0v) is 12.8. The molecule has 108 valence electrons. The molecule has 0 spiro atoms. The first-order valence-electron chi connectivity index (χ1n) is 7.28. The number of hydrogen-bond acceptors (Lipinski definition) is 4. The van der Waals surface area contributed by atoms with Gasteiger partial charge in [0.1, 0.15) is 6.33 Å². The molecule has 0 bridgehead atoms. The number of hydrogen-bond donors (Lipinski definition) is 1. The fourth-order valence-corrected chi connectivity index (χ4v) is 2.45. The Morgan fingerprint density at radius 1 is 1.21 bits per heavy atom. The first kappa shape index (κ1) is 15.9. The van der Waals surface area contributed by atoms with Crippen LogP contribution in [0.3, 0.4) is 0 Å². The van der Waals surface area contributed by atoms with Crippen molar-refractivity contribution >= 4 is 0 Å². The molecule has 0 fully saturated rings. The third kappa shape index (κ3) is 4.78. The molecule has 0 aliphatic carbocycles. The summed E-state index contributed by atoms with van der Waals surface area (Å²) in [5, 5.41) is 3.49. The lowest BCUT2D eigenvalue weighted by molar-refractivity contribution is 0.302. The van der Waals surface area contributed by atoms with Gasteiger partial charge in [-0.3, -0.25) is 0 Å². The van der Waals surface area contributed by atoms with E-state index in [2.05, 4.69) is 49.9 Å². The van der Waals surface area contributed by atoms with Crippen LogP contribution < -0.4 is 10.1 Å². The van der Waals surface area contributed by atoms with E-state index < -0.39 is 0 Å². The van der Waals surface area contributed by atoms with Gasteiger partial charge in [-0.1, -0.05) is 27.7 Å². The summed E-state index contributed by atoms with van der Waals surface area (Å²) in [6.07, 6.45) is 2.59. The maximum absolute atomic E-state index is 5.59. The number of ether oxygens (including phenoxy) is 1. The average Bonchev–Trinajstić information content (AvgIpc) is 2.37. The van der Waals surface area contributed by atoms with Crippen LogP contribution in [-0.4, -0.2) is 29.2 Å². The maximum atomic E-state index is 5.59. The predicted molar refractivity (Wildman–Crippen MR) is 78.5 cm³/mol. The van der Waals surface area contributed by atoms with Crippen molar-refractivity contribution in [3.63, 3.8) is 0 Å². The Bertz CT molecular complexity index is 368. The minimum atomic E-state index is 0.368. The Kier molecular flexibility index (Phi) is 6.78. The highest BCUT2D eigenvalue weighted by Crippen LogP contribution is 2.27. The Morgan fingerprint density at radius 3 is 2.53 bits per heavy atom. The molecule has 4 heteroatoms.